The van der Waals surface area contributed by atoms with Crippen molar-refractivity contribution < 1.29 is 18.0 Å². The fourth-order valence-electron chi connectivity index (χ4n) is 3.93. The van der Waals surface area contributed by atoms with Crippen LogP contribution in [-0.2, 0) is 6.18 Å². The van der Waals surface area contributed by atoms with E-state index in [-0.39, 0.29) is 11.8 Å². The molecule has 1 unspecified atom stereocenters. The van der Waals surface area contributed by atoms with Crippen molar-refractivity contribution in [3.05, 3.63) is 47.3 Å². The molecule has 0 spiro atoms. The lowest BCUT2D eigenvalue weighted by atomic mass is 10.1. The summed E-state index contributed by atoms with van der Waals surface area (Å²) in [6, 6.07) is 5.11. The van der Waals surface area contributed by atoms with E-state index in [1.54, 1.807) is 6.07 Å². The van der Waals surface area contributed by atoms with E-state index in [2.05, 4.69) is 10.4 Å². The van der Waals surface area contributed by atoms with Crippen molar-refractivity contribution >= 4 is 5.91 Å². The van der Waals surface area contributed by atoms with Crippen LogP contribution in [0.15, 0.2) is 30.5 Å². The first-order chi connectivity index (χ1) is 13.4. The average molecular weight is 392 g/mol. The van der Waals surface area contributed by atoms with Gasteiger partial charge in [0.15, 0.2) is 0 Å². The van der Waals surface area contributed by atoms with Crippen LogP contribution in [0, 0.1) is 5.92 Å². The van der Waals surface area contributed by atoms with Crippen LogP contribution in [0.4, 0.5) is 13.2 Å². The number of nitrogens with zero attached hydrogens (tertiary/aromatic N) is 3. The number of hydrogen-bond donors (Lipinski definition) is 1. The van der Waals surface area contributed by atoms with E-state index in [1.165, 1.54) is 16.9 Å². The van der Waals surface area contributed by atoms with Crippen LogP contribution in [-0.4, -0.2) is 47.3 Å². The molecule has 2 heterocycles. The Morgan fingerprint density at radius 3 is 2.75 bits per heavy atom. The minimum absolute atomic E-state index is 0.0706. The molecule has 2 aliphatic rings. The molecule has 2 fully saturated rings. The Balaban J connectivity index is 1.65. The third-order valence-corrected chi connectivity index (χ3v) is 5.48. The van der Waals surface area contributed by atoms with Gasteiger partial charge in [-0.05, 0) is 57.0 Å². The Kier molecular flexibility index (Phi) is 4.91. The topological polar surface area (TPSA) is 50.2 Å². The Morgan fingerprint density at radius 1 is 1.29 bits per heavy atom. The standard InChI is InChI=1S/C20H23F3N4O/c1-24-10-13-7-8-26(12-13)19(28)17-11-25-27(18(17)14-5-6-14)16-4-2-3-15(9-16)20(21,22)23/h2-4,9,11,13-14,24H,5-8,10,12H2,1H3. The molecule has 1 N–H and O–H groups in total. The molecule has 1 atom stereocenters. The number of rotatable bonds is 5. The van der Waals surface area contributed by atoms with Crippen LogP contribution in [0.5, 0.6) is 0 Å². The predicted octanol–water partition coefficient (Wildman–Crippen LogP) is 3.45. The van der Waals surface area contributed by atoms with Gasteiger partial charge < -0.3 is 10.2 Å². The largest absolute Gasteiger partial charge is 0.416 e. The Hall–Kier alpha value is -2.35. The molecule has 5 nitrogen and oxygen atoms in total. The van der Waals surface area contributed by atoms with Gasteiger partial charge in [-0.25, -0.2) is 4.68 Å². The van der Waals surface area contributed by atoms with Gasteiger partial charge in [-0.3, -0.25) is 4.79 Å². The van der Waals surface area contributed by atoms with Crippen LogP contribution in [0.3, 0.4) is 0 Å². The van der Waals surface area contributed by atoms with Gasteiger partial charge >= 0.3 is 6.18 Å². The molecule has 1 aromatic carbocycles. The summed E-state index contributed by atoms with van der Waals surface area (Å²) >= 11 is 0. The van der Waals surface area contributed by atoms with E-state index in [1.807, 2.05) is 11.9 Å². The molecule has 4 rings (SSSR count). The zero-order valence-corrected chi connectivity index (χ0v) is 15.7. The number of aromatic nitrogens is 2. The van der Waals surface area contributed by atoms with Crippen molar-refractivity contribution in [3.8, 4) is 5.69 Å². The average Bonchev–Trinajstić information content (AvgIpc) is 3.23. The first kappa shape index (κ1) is 19.0. The molecule has 1 amide bonds. The van der Waals surface area contributed by atoms with E-state index >= 15 is 0 Å². The highest BCUT2D eigenvalue weighted by molar-refractivity contribution is 5.95. The highest BCUT2D eigenvalue weighted by Gasteiger charge is 2.36. The molecule has 0 radical (unpaired) electrons. The fourth-order valence-corrected chi connectivity index (χ4v) is 3.93. The van der Waals surface area contributed by atoms with E-state index in [0.29, 0.717) is 30.3 Å². The second-order valence-electron chi connectivity index (χ2n) is 7.64. The maximum absolute atomic E-state index is 13.1. The number of carbonyl (C=O) groups is 1. The van der Waals surface area contributed by atoms with Crippen LogP contribution in [0.25, 0.3) is 5.69 Å². The monoisotopic (exact) mass is 392 g/mol. The van der Waals surface area contributed by atoms with Gasteiger partial charge in [-0.2, -0.15) is 18.3 Å². The Labute approximate surface area is 161 Å². The summed E-state index contributed by atoms with van der Waals surface area (Å²) in [5.41, 5.74) is 0.876. The molecular weight excluding hydrogens is 369 g/mol. The number of likely N-dealkylation sites (tertiary alicyclic amines) is 1. The molecule has 1 saturated heterocycles. The predicted molar refractivity (Wildman–Crippen MR) is 98.5 cm³/mol. The number of hydrogen-bond acceptors (Lipinski definition) is 3. The van der Waals surface area contributed by atoms with Crippen molar-refractivity contribution in [1.29, 1.82) is 0 Å². The van der Waals surface area contributed by atoms with Gasteiger partial charge in [-0.15, -0.1) is 0 Å². The maximum Gasteiger partial charge on any atom is 0.416 e. The maximum atomic E-state index is 13.1. The van der Waals surface area contributed by atoms with Crippen LogP contribution >= 0.6 is 0 Å². The van der Waals surface area contributed by atoms with Crippen LogP contribution < -0.4 is 5.32 Å². The zero-order valence-electron chi connectivity index (χ0n) is 15.7. The number of alkyl halides is 3. The summed E-state index contributed by atoms with van der Waals surface area (Å²) in [4.78, 5) is 14.9. The van der Waals surface area contributed by atoms with Gasteiger partial charge in [0.2, 0.25) is 0 Å². The SMILES string of the molecule is CNCC1CCN(C(=O)c2cnn(-c3cccc(C(F)(F)F)c3)c2C2CC2)C1. The number of benzene rings is 1. The quantitative estimate of drug-likeness (QED) is 0.848. The molecule has 1 aliphatic heterocycles. The lowest BCUT2D eigenvalue weighted by Gasteiger charge is -2.17. The summed E-state index contributed by atoms with van der Waals surface area (Å²) < 4.78 is 40.8. The molecule has 1 aliphatic carbocycles. The third-order valence-electron chi connectivity index (χ3n) is 5.48. The molecule has 8 heteroatoms. The van der Waals surface area contributed by atoms with Crippen LogP contribution in [0.2, 0.25) is 0 Å². The number of amides is 1. The van der Waals surface area contributed by atoms with E-state index in [0.717, 1.165) is 43.6 Å². The van der Waals surface area contributed by atoms with E-state index in [4.69, 9.17) is 0 Å². The fraction of sp³-hybridized carbons (Fsp3) is 0.500. The number of nitrogens with one attached hydrogen (secondary N) is 1. The zero-order chi connectivity index (χ0) is 19.9. The van der Waals surface area contributed by atoms with Crippen molar-refractivity contribution in [1.82, 2.24) is 20.0 Å². The third kappa shape index (κ3) is 3.65. The van der Waals surface area contributed by atoms with Crippen molar-refractivity contribution in [3.63, 3.8) is 0 Å². The summed E-state index contributed by atoms with van der Waals surface area (Å²) in [5, 5.41) is 7.45. The molecule has 0 bridgehead atoms. The van der Waals surface area contributed by atoms with Crippen molar-refractivity contribution in [2.24, 2.45) is 5.92 Å². The second kappa shape index (κ2) is 7.24. The highest BCUT2D eigenvalue weighted by Crippen LogP contribution is 2.43. The molecule has 150 valence electrons. The van der Waals surface area contributed by atoms with E-state index < -0.39 is 11.7 Å². The van der Waals surface area contributed by atoms with Crippen molar-refractivity contribution in [2.75, 3.05) is 26.7 Å². The van der Waals surface area contributed by atoms with Gasteiger partial charge in [-0.1, -0.05) is 6.07 Å². The highest BCUT2D eigenvalue weighted by atomic mass is 19.4. The normalized spacial score (nSPS) is 20.0. The number of halogens is 3. The minimum atomic E-state index is -4.42. The first-order valence-electron chi connectivity index (χ1n) is 9.58. The van der Waals surface area contributed by atoms with Gasteiger partial charge in [0.05, 0.1) is 28.7 Å². The second-order valence-corrected chi connectivity index (χ2v) is 7.64. The van der Waals surface area contributed by atoms with Crippen LogP contribution in [0.1, 0.15) is 46.8 Å². The lowest BCUT2D eigenvalue weighted by Crippen LogP contribution is -2.30. The van der Waals surface area contributed by atoms with Crippen molar-refractivity contribution in [2.45, 2.75) is 31.4 Å². The van der Waals surface area contributed by atoms with Gasteiger partial charge in [0, 0.05) is 19.0 Å². The lowest BCUT2D eigenvalue weighted by molar-refractivity contribution is -0.137. The van der Waals surface area contributed by atoms with Gasteiger partial charge in [0.1, 0.15) is 0 Å². The summed E-state index contributed by atoms with van der Waals surface area (Å²) in [6.45, 7) is 2.26. The Bertz CT molecular complexity index is 873. The Morgan fingerprint density at radius 2 is 2.07 bits per heavy atom. The first-order valence-corrected chi connectivity index (χ1v) is 9.58. The molecule has 28 heavy (non-hydrogen) atoms. The molecular formula is C20H23F3N4O. The summed E-state index contributed by atoms with van der Waals surface area (Å²) in [6.07, 6.45) is -0.102. The molecule has 1 aromatic heterocycles. The smallest absolute Gasteiger partial charge is 0.338 e. The van der Waals surface area contributed by atoms with Gasteiger partial charge in [0.25, 0.3) is 5.91 Å². The molecule has 1 saturated carbocycles. The number of carbonyl (C=O) groups excluding carboxylic acids is 1. The molecule has 2 aromatic rings. The summed E-state index contributed by atoms with van der Waals surface area (Å²) in [5.74, 6) is 0.530. The van der Waals surface area contributed by atoms with E-state index in [9.17, 15) is 18.0 Å². The summed E-state index contributed by atoms with van der Waals surface area (Å²) in [7, 11) is 1.90. The minimum Gasteiger partial charge on any atom is -0.338 e.